The number of nitriles is 1. The van der Waals surface area contributed by atoms with E-state index in [1.807, 2.05) is 30.3 Å². The maximum atomic E-state index is 14.6. The number of benzene rings is 2. The highest BCUT2D eigenvalue weighted by Crippen LogP contribution is 2.38. The summed E-state index contributed by atoms with van der Waals surface area (Å²) >= 11 is 0. The molecule has 2 aromatic rings. The summed E-state index contributed by atoms with van der Waals surface area (Å²) in [5.74, 6) is 1.21. The van der Waals surface area contributed by atoms with Crippen LogP contribution in [0.3, 0.4) is 0 Å². The van der Waals surface area contributed by atoms with Crippen LogP contribution in [0.4, 0.5) is 4.39 Å². The zero-order valence-corrected chi connectivity index (χ0v) is 15.0. The molecule has 0 aliphatic heterocycles. The van der Waals surface area contributed by atoms with Gasteiger partial charge >= 0.3 is 0 Å². The molecule has 0 radical (unpaired) electrons. The molecule has 2 aromatic carbocycles. The Hall–Kier alpha value is -2.14. The van der Waals surface area contributed by atoms with Gasteiger partial charge in [-0.15, -0.1) is 0 Å². The molecule has 3 rings (SSSR count). The van der Waals surface area contributed by atoms with Crippen molar-refractivity contribution >= 4 is 0 Å². The average Bonchev–Trinajstić information content (AvgIpc) is 2.67. The van der Waals surface area contributed by atoms with Gasteiger partial charge in [-0.05, 0) is 85.3 Å². The molecule has 0 unspecified atom stereocenters. The Morgan fingerprint density at radius 2 is 1.60 bits per heavy atom. The first kappa shape index (κ1) is 17.7. The summed E-state index contributed by atoms with van der Waals surface area (Å²) in [5, 5.41) is 8.84. The second kappa shape index (κ2) is 8.30. The Balaban J connectivity index is 1.60. The summed E-state index contributed by atoms with van der Waals surface area (Å²) in [5.41, 5.74) is 3.82. The maximum Gasteiger partial charge on any atom is 0.126 e. The quantitative estimate of drug-likeness (QED) is 0.641. The van der Waals surface area contributed by atoms with Gasteiger partial charge in [0.1, 0.15) is 5.82 Å². The van der Waals surface area contributed by atoms with Gasteiger partial charge in [0.05, 0.1) is 11.6 Å². The summed E-state index contributed by atoms with van der Waals surface area (Å²) in [7, 11) is 0. The van der Waals surface area contributed by atoms with E-state index in [0.717, 1.165) is 42.7 Å². The molecule has 0 saturated heterocycles. The molecule has 1 nitrogen and oxygen atoms in total. The Morgan fingerprint density at radius 1 is 0.960 bits per heavy atom. The monoisotopic (exact) mass is 335 g/mol. The molecule has 0 aromatic heterocycles. The molecule has 0 atom stereocenters. The first-order valence-electron chi connectivity index (χ1n) is 9.47. The van der Waals surface area contributed by atoms with Crippen LogP contribution in [0.15, 0.2) is 42.5 Å². The van der Waals surface area contributed by atoms with Crippen LogP contribution < -0.4 is 0 Å². The van der Waals surface area contributed by atoms with Crippen molar-refractivity contribution in [1.29, 1.82) is 5.26 Å². The van der Waals surface area contributed by atoms with E-state index in [0.29, 0.717) is 11.5 Å². The van der Waals surface area contributed by atoms with Gasteiger partial charge in [0.25, 0.3) is 0 Å². The molecule has 0 N–H and O–H groups in total. The number of hydrogen-bond donors (Lipinski definition) is 0. The van der Waals surface area contributed by atoms with E-state index in [1.54, 1.807) is 6.07 Å². The lowest BCUT2D eigenvalue weighted by Crippen LogP contribution is -2.13. The van der Waals surface area contributed by atoms with E-state index in [1.165, 1.54) is 24.8 Å². The van der Waals surface area contributed by atoms with Crippen molar-refractivity contribution in [3.8, 4) is 6.07 Å². The highest BCUT2D eigenvalue weighted by atomic mass is 19.1. The van der Waals surface area contributed by atoms with Crippen molar-refractivity contribution in [1.82, 2.24) is 0 Å². The van der Waals surface area contributed by atoms with Crippen LogP contribution in [0.25, 0.3) is 0 Å². The molecule has 1 aliphatic rings. The molecule has 130 valence electrons. The lowest BCUT2D eigenvalue weighted by atomic mass is 9.77. The first-order chi connectivity index (χ1) is 12.2. The summed E-state index contributed by atoms with van der Waals surface area (Å²) < 4.78 is 14.6. The molecule has 0 spiro atoms. The van der Waals surface area contributed by atoms with E-state index in [4.69, 9.17) is 5.26 Å². The summed E-state index contributed by atoms with van der Waals surface area (Å²) in [6.07, 6.45) is 7.67. The minimum Gasteiger partial charge on any atom is -0.207 e. The van der Waals surface area contributed by atoms with Gasteiger partial charge in [0, 0.05) is 0 Å². The van der Waals surface area contributed by atoms with Crippen LogP contribution in [-0.2, 0) is 12.8 Å². The third kappa shape index (κ3) is 4.48. The zero-order chi connectivity index (χ0) is 17.6. The highest BCUT2D eigenvalue weighted by Gasteiger charge is 2.23. The minimum absolute atomic E-state index is 0.0303. The molecule has 1 fully saturated rings. The Morgan fingerprint density at radius 3 is 2.20 bits per heavy atom. The van der Waals surface area contributed by atoms with Gasteiger partial charge in [-0.3, -0.25) is 0 Å². The van der Waals surface area contributed by atoms with E-state index in [-0.39, 0.29) is 5.82 Å². The number of rotatable bonds is 5. The van der Waals surface area contributed by atoms with Crippen molar-refractivity contribution in [2.45, 2.75) is 57.8 Å². The van der Waals surface area contributed by atoms with Gasteiger partial charge in [-0.1, -0.05) is 37.6 Å². The number of nitrogens with zero attached hydrogens (tertiary/aromatic N) is 1. The van der Waals surface area contributed by atoms with Crippen LogP contribution in [0.2, 0.25) is 0 Å². The number of hydrogen-bond acceptors (Lipinski definition) is 1. The highest BCUT2D eigenvalue weighted by molar-refractivity contribution is 5.33. The Bertz CT molecular complexity index is 734. The summed E-state index contributed by atoms with van der Waals surface area (Å²) in [6.45, 7) is 2.26. The second-order valence-electron chi connectivity index (χ2n) is 7.29. The van der Waals surface area contributed by atoms with Gasteiger partial charge in [-0.25, -0.2) is 4.39 Å². The molecule has 0 amide bonds. The van der Waals surface area contributed by atoms with Gasteiger partial charge < -0.3 is 0 Å². The van der Waals surface area contributed by atoms with E-state index < -0.39 is 0 Å². The molecule has 1 aliphatic carbocycles. The predicted octanol–water partition coefficient (Wildman–Crippen LogP) is 6.17. The van der Waals surface area contributed by atoms with Gasteiger partial charge in [-0.2, -0.15) is 5.26 Å². The maximum absolute atomic E-state index is 14.6. The third-order valence-electron chi connectivity index (χ3n) is 5.71. The fourth-order valence-electron chi connectivity index (χ4n) is 3.97. The largest absolute Gasteiger partial charge is 0.207 e. The lowest BCUT2D eigenvalue weighted by molar-refractivity contribution is 0.314. The molecular formula is C23H26FN. The minimum atomic E-state index is -0.0303. The Kier molecular flexibility index (Phi) is 5.87. The van der Waals surface area contributed by atoms with Crippen LogP contribution in [0.5, 0.6) is 0 Å². The summed E-state index contributed by atoms with van der Waals surface area (Å²) in [4.78, 5) is 0. The van der Waals surface area contributed by atoms with Crippen LogP contribution >= 0.6 is 0 Å². The second-order valence-corrected chi connectivity index (χ2v) is 7.29. The predicted molar refractivity (Wildman–Crippen MR) is 100.0 cm³/mol. The number of halogens is 1. The Labute approximate surface area is 150 Å². The van der Waals surface area contributed by atoms with Crippen molar-refractivity contribution in [2.75, 3.05) is 0 Å². The molecule has 2 heteroatoms. The smallest absolute Gasteiger partial charge is 0.126 e. The third-order valence-corrected chi connectivity index (χ3v) is 5.71. The normalized spacial score (nSPS) is 20.2. The van der Waals surface area contributed by atoms with E-state index in [2.05, 4.69) is 19.1 Å². The van der Waals surface area contributed by atoms with E-state index in [9.17, 15) is 4.39 Å². The lowest BCUT2D eigenvalue weighted by Gasteiger charge is -2.28. The van der Waals surface area contributed by atoms with Crippen LogP contribution in [-0.4, -0.2) is 0 Å². The fourth-order valence-corrected chi connectivity index (χ4v) is 3.97. The van der Waals surface area contributed by atoms with Crippen LogP contribution in [0, 0.1) is 23.1 Å². The molecule has 0 heterocycles. The standard InChI is InChI=1S/C23H26FN/c1-2-17-9-12-21(13-10-17)22-14-11-19(15-23(22)24)6-3-18-4-7-20(16-25)8-5-18/h4-5,7-8,11,14-15,17,21H,2-3,6,9-10,12-13H2,1H3/t17-,21-. The summed E-state index contributed by atoms with van der Waals surface area (Å²) in [6, 6.07) is 15.6. The SMILES string of the molecule is CC[C@H]1CC[C@H](c2ccc(CCc3ccc(C#N)cc3)cc2F)CC1. The van der Waals surface area contributed by atoms with Crippen LogP contribution in [0.1, 0.15) is 67.2 Å². The van der Waals surface area contributed by atoms with Gasteiger partial charge in [0.15, 0.2) is 0 Å². The first-order valence-corrected chi connectivity index (χ1v) is 9.47. The molecule has 1 saturated carbocycles. The number of aryl methyl sites for hydroxylation is 2. The fraction of sp³-hybridized carbons (Fsp3) is 0.435. The topological polar surface area (TPSA) is 23.8 Å². The zero-order valence-electron chi connectivity index (χ0n) is 15.0. The van der Waals surface area contributed by atoms with Crippen molar-refractivity contribution in [3.63, 3.8) is 0 Å². The van der Waals surface area contributed by atoms with E-state index >= 15 is 0 Å². The van der Waals surface area contributed by atoms with Crippen molar-refractivity contribution in [3.05, 3.63) is 70.5 Å². The average molecular weight is 335 g/mol. The molecular weight excluding hydrogens is 309 g/mol. The molecule has 0 bridgehead atoms. The van der Waals surface area contributed by atoms with Crippen molar-refractivity contribution < 1.29 is 4.39 Å². The van der Waals surface area contributed by atoms with Gasteiger partial charge in [0.2, 0.25) is 0 Å². The van der Waals surface area contributed by atoms with Crippen molar-refractivity contribution in [2.24, 2.45) is 5.92 Å². The molecule has 25 heavy (non-hydrogen) atoms.